The highest BCUT2D eigenvalue weighted by molar-refractivity contribution is 8.00. The molecule has 1 N–H and O–H groups in total. The molecule has 3 aromatic rings. The fourth-order valence-corrected chi connectivity index (χ4v) is 3.30. The Kier molecular flexibility index (Phi) is 5.72. The first kappa shape index (κ1) is 18.9. The number of nitro benzene ring substituents is 1. The molecule has 0 saturated carbocycles. The predicted octanol–water partition coefficient (Wildman–Crippen LogP) is 3.95. The van der Waals surface area contributed by atoms with Gasteiger partial charge in [0, 0.05) is 17.8 Å². The van der Waals surface area contributed by atoms with Crippen molar-refractivity contribution in [2.45, 2.75) is 17.3 Å². The minimum atomic E-state index is -0.549. The second kappa shape index (κ2) is 8.19. The number of rotatable bonds is 6. The number of nitrogens with one attached hydrogen (secondary N) is 1. The maximum absolute atomic E-state index is 12.5. The first-order valence-corrected chi connectivity index (χ1v) is 9.08. The van der Waals surface area contributed by atoms with Gasteiger partial charge >= 0.3 is 0 Å². The van der Waals surface area contributed by atoms with Crippen LogP contribution in [0.4, 0.5) is 11.4 Å². The second-order valence-electron chi connectivity index (χ2n) is 5.49. The van der Waals surface area contributed by atoms with Gasteiger partial charge in [-0.15, -0.1) is 10.2 Å². The van der Waals surface area contributed by atoms with Crippen LogP contribution in [0.5, 0.6) is 0 Å². The number of benzene rings is 2. The summed E-state index contributed by atoms with van der Waals surface area (Å²) in [6.45, 7) is 1.73. The summed E-state index contributed by atoms with van der Waals surface area (Å²) in [6, 6.07) is 13.4. The number of carbonyl (C=O) groups is 1. The summed E-state index contributed by atoms with van der Waals surface area (Å²) >= 11 is 7.26. The lowest BCUT2D eigenvalue weighted by molar-refractivity contribution is -0.384. The number of aromatic nitrogens is 3. The van der Waals surface area contributed by atoms with Gasteiger partial charge < -0.3 is 5.32 Å². The van der Waals surface area contributed by atoms with Gasteiger partial charge in [0.05, 0.1) is 20.9 Å². The standard InChI is InChI=1S/C17H14ClN5O3S/c1-11(16(24)20-15-8-7-13(23(25)26)9-14(15)18)27-17-21-19-10-22(17)12-5-3-2-4-6-12/h2-11H,1H3,(H,20,24). The molecule has 2 aromatic carbocycles. The number of nitrogens with zero attached hydrogens (tertiary/aromatic N) is 4. The van der Waals surface area contributed by atoms with E-state index in [2.05, 4.69) is 15.5 Å². The number of thioether (sulfide) groups is 1. The highest BCUT2D eigenvalue weighted by atomic mass is 35.5. The third kappa shape index (κ3) is 4.44. The normalized spacial score (nSPS) is 11.8. The summed E-state index contributed by atoms with van der Waals surface area (Å²) in [7, 11) is 0. The molecule has 0 spiro atoms. The van der Waals surface area contributed by atoms with Gasteiger partial charge in [-0.05, 0) is 25.1 Å². The molecule has 0 fully saturated rings. The lowest BCUT2D eigenvalue weighted by atomic mass is 10.2. The number of anilines is 1. The molecule has 1 aromatic heterocycles. The molecule has 0 radical (unpaired) electrons. The lowest BCUT2D eigenvalue weighted by Crippen LogP contribution is -2.23. The van der Waals surface area contributed by atoms with Crippen LogP contribution >= 0.6 is 23.4 Å². The fraction of sp³-hybridized carbons (Fsp3) is 0.118. The van der Waals surface area contributed by atoms with Crippen molar-refractivity contribution < 1.29 is 9.72 Å². The third-order valence-electron chi connectivity index (χ3n) is 3.62. The Bertz CT molecular complexity index is 980. The van der Waals surface area contributed by atoms with Crippen molar-refractivity contribution in [3.8, 4) is 5.69 Å². The van der Waals surface area contributed by atoms with Crippen LogP contribution in [0.25, 0.3) is 5.69 Å². The molecule has 1 unspecified atom stereocenters. The van der Waals surface area contributed by atoms with Crippen LogP contribution in [0.15, 0.2) is 60.0 Å². The molecular formula is C17H14ClN5O3S. The Balaban J connectivity index is 1.71. The van der Waals surface area contributed by atoms with Crippen molar-refractivity contribution in [2.24, 2.45) is 0 Å². The number of carbonyl (C=O) groups excluding carboxylic acids is 1. The highest BCUT2D eigenvalue weighted by Gasteiger charge is 2.20. The Morgan fingerprint density at radius 2 is 2.04 bits per heavy atom. The van der Waals surface area contributed by atoms with Gasteiger partial charge in [0.25, 0.3) is 5.69 Å². The molecule has 10 heteroatoms. The minimum absolute atomic E-state index is 0.0993. The first-order chi connectivity index (χ1) is 13.0. The van der Waals surface area contributed by atoms with Gasteiger partial charge in [0.15, 0.2) is 5.16 Å². The van der Waals surface area contributed by atoms with Crippen LogP contribution in [0.2, 0.25) is 5.02 Å². The summed E-state index contributed by atoms with van der Waals surface area (Å²) in [6.07, 6.45) is 1.58. The Morgan fingerprint density at radius 3 is 2.70 bits per heavy atom. The molecule has 27 heavy (non-hydrogen) atoms. The number of para-hydroxylation sites is 1. The zero-order chi connectivity index (χ0) is 19.4. The average Bonchev–Trinajstić information content (AvgIpc) is 3.12. The molecule has 3 rings (SSSR count). The molecular weight excluding hydrogens is 390 g/mol. The van der Waals surface area contributed by atoms with E-state index in [-0.39, 0.29) is 16.6 Å². The van der Waals surface area contributed by atoms with E-state index in [1.807, 2.05) is 30.3 Å². The highest BCUT2D eigenvalue weighted by Crippen LogP contribution is 2.29. The molecule has 1 heterocycles. The Hall–Kier alpha value is -2.91. The topological polar surface area (TPSA) is 103 Å². The third-order valence-corrected chi connectivity index (χ3v) is 4.99. The molecule has 138 valence electrons. The molecule has 0 saturated heterocycles. The van der Waals surface area contributed by atoms with E-state index in [1.165, 1.54) is 30.0 Å². The van der Waals surface area contributed by atoms with E-state index in [0.29, 0.717) is 10.8 Å². The van der Waals surface area contributed by atoms with Crippen molar-refractivity contribution in [3.05, 3.63) is 70.0 Å². The van der Waals surface area contributed by atoms with Crippen LogP contribution in [0, 0.1) is 10.1 Å². The van der Waals surface area contributed by atoms with Gasteiger partial charge in [-0.3, -0.25) is 19.5 Å². The molecule has 0 bridgehead atoms. The van der Waals surface area contributed by atoms with E-state index in [4.69, 9.17) is 11.6 Å². The zero-order valence-corrected chi connectivity index (χ0v) is 15.6. The number of amides is 1. The van der Waals surface area contributed by atoms with E-state index in [1.54, 1.807) is 17.8 Å². The largest absolute Gasteiger partial charge is 0.324 e. The van der Waals surface area contributed by atoms with Gasteiger partial charge in [-0.2, -0.15) is 0 Å². The summed E-state index contributed by atoms with van der Waals surface area (Å²) < 4.78 is 1.79. The summed E-state index contributed by atoms with van der Waals surface area (Å²) in [5, 5.41) is 21.6. The number of hydrogen-bond donors (Lipinski definition) is 1. The molecule has 1 atom stereocenters. The van der Waals surface area contributed by atoms with Crippen LogP contribution < -0.4 is 5.32 Å². The number of nitro groups is 1. The van der Waals surface area contributed by atoms with E-state index < -0.39 is 10.2 Å². The number of halogens is 1. The van der Waals surface area contributed by atoms with Crippen molar-refractivity contribution >= 4 is 40.6 Å². The van der Waals surface area contributed by atoms with Gasteiger partial charge in [-0.1, -0.05) is 41.6 Å². The zero-order valence-electron chi connectivity index (χ0n) is 14.1. The minimum Gasteiger partial charge on any atom is -0.324 e. The van der Waals surface area contributed by atoms with Crippen molar-refractivity contribution in [2.75, 3.05) is 5.32 Å². The quantitative estimate of drug-likeness (QED) is 0.379. The molecule has 0 aliphatic heterocycles. The first-order valence-electron chi connectivity index (χ1n) is 7.82. The summed E-state index contributed by atoms with van der Waals surface area (Å²) in [5.41, 5.74) is 1.05. The summed E-state index contributed by atoms with van der Waals surface area (Å²) in [4.78, 5) is 22.7. The maximum Gasteiger partial charge on any atom is 0.271 e. The number of hydrogen-bond acceptors (Lipinski definition) is 6. The summed E-state index contributed by atoms with van der Waals surface area (Å²) in [5.74, 6) is -0.307. The molecule has 1 amide bonds. The number of non-ortho nitro benzene ring substituents is 1. The van der Waals surface area contributed by atoms with E-state index in [9.17, 15) is 14.9 Å². The van der Waals surface area contributed by atoms with E-state index >= 15 is 0 Å². The van der Waals surface area contributed by atoms with Crippen LogP contribution in [-0.4, -0.2) is 30.8 Å². The maximum atomic E-state index is 12.5. The van der Waals surface area contributed by atoms with Gasteiger partial charge in [0.2, 0.25) is 5.91 Å². The van der Waals surface area contributed by atoms with Crippen molar-refractivity contribution in [3.63, 3.8) is 0 Å². The second-order valence-corrected chi connectivity index (χ2v) is 7.20. The van der Waals surface area contributed by atoms with Crippen LogP contribution in [0.1, 0.15) is 6.92 Å². The van der Waals surface area contributed by atoms with Crippen LogP contribution in [0.3, 0.4) is 0 Å². The van der Waals surface area contributed by atoms with Gasteiger partial charge in [0.1, 0.15) is 6.33 Å². The molecule has 0 aliphatic carbocycles. The monoisotopic (exact) mass is 403 g/mol. The predicted molar refractivity (Wildman–Crippen MR) is 103 cm³/mol. The fourth-order valence-electron chi connectivity index (χ4n) is 2.24. The molecule has 0 aliphatic rings. The SMILES string of the molecule is CC(Sc1nncn1-c1ccccc1)C(=O)Nc1ccc([N+](=O)[O-])cc1Cl. The average molecular weight is 404 g/mol. The lowest BCUT2D eigenvalue weighted by Gasteiger charge is -2.13. The van der Waals surface area contributed by atoms with E-state index in [0.717, 1.165) is 5.69 Å². The van der Waals surface area contributed by atoms with Gasteiger partial charge in [-0.25, -0.2) is 0 Å². The smallest absolute Gasteiger partial charge is 0.271 e. The van der Waals surface area contributed by atoms with Crippen molar-refractivity contribution in [1.29, 1.82) is 0 Å². The Morgan fingerprint density at radius 1 is 1.30 bits per heavy atom. The molecule has 8 nitrogen and oxygen atoms in total. The Labute approximate surface area is 163 Å². The van der Waals surface area contributed by atoms with Crippen LogP contribution in [-0.2, 0) is 4.79 Å². The van der Waals surface area contributed by atoms with Crippen molar-refractivity contribution in [1.82, 2.24) is 14.8 Å².